The van der Waals surface area contributed by atoms with E-state index in [-0.39, 0.29) is 0 Å². The summed E-state index contributed by atoms with van der Waals surface area (Å²) in [5.41, 5.74) is 1.29. The maximum absolute atomic E-state index is 5.83. The van der Waals surface area contributed by atoms with Gasteiger partial charge in [0, 0.05) is 18.8 Å². The lowest BCUT2D eigenvalue weighted by Gasteiger charge is -2.19. The van der Waals surface area contributed by atoms with E-state index in [1.807, 2.05) is 49.5 Å². The predicted molar refractivity (Wildman–Crippen MR) is 87.2 cm³/mol. The average Bonchev–Trinajstić information content (AvgIpc) is 2.98. The molecule has 3 heteroatoms. The fraction of sp³-hybridized carbons (Fsp3) is 0.333. The van der Waals surface area contributed by atoms with Gasteiger partial charge in [0.15, 0.2) is 0 Å². The zero-order valence-corrected chi connectivity index (χ0v) is 12.5. The van der Waals surface area contributed by atoms with Gasteiger partial charge in [0.2, 0.25) is 0 Å². The van der Waals surface area contributed by atoms with Gasteiger partial charge in [-0.2, -0.15) is 0 Å². The van der Waals surface area contributed by atoms with Crippen molar-refractivity contribution in [3.63, 3.8) is 0 Å². The molecule has 110 valence electrons. The molecule has 1 aliphatic heterocycles. The first-order chi connectivity index (χ1) is 10.3. The molecule has 2 aromatic rings. The van der Waals surface area contributed by atoms with Crippen LogP contribution in [0.15, 0.2) is 54.6 Å². The molecule has 0 radical (unpaired) electrons. The summed E-state index contributed by atoms with van der Waals surface area (Å²) in [5, 5.41) is 3.27. The largest absolute Gasteiger partial charge is 0.457 e. The van der Waals surface area contributed by atoms with E-state index in [0.29, 0.717) is 0 Å². The van der Waals surface area contributed by atoms with Crippen LogP contribution in [-0.4, -0.2) is 26.7 Å². The Hall–Kier alpha value is -2.00. The summed E-state index contributed by atoms with van der Waals surface area (Å²) in [5.74, 6) is 2.52. The molecule has 3 nitrogen and oxygen atoms in total. The Kier molecular flexibility index (Phi) is 4.41. The number of hydrogen-bond acceptors (Lipinski definition) is 3. The van der Waals surface area contributed by atoms with Crippen LogP contribution in [0.5, 0.6) is 11.5 Å². The SMILES string of the molecule is CNCC1CCN(c2ccc(Oc3ccccc3)cc2)C1. The fourth-order valence-electron chi connectivity index (χ4n) is 2.87. The van der Waals surface area contributed by atoms with Crippen molar-refractivity contribution in [2.45, 2.75) is 6.42 Å². The Labute approximate surface area is 126 Å². The van der Waals surface area contributed by atoms with E-state index in [1.165, 1.54) is 12.1 Å². The number of hydrogen-bond donors (Lipinski definition) is 1. The van der Waals surface area contributed by atoms with Gasteiger partial charge in [-0.1, -0.05) is 18.2 Å². The third-order valence-electron chi connectivity index (χ3n) is 3.96. The van der Waals surface area contributed by atoms with E-state index in [4.69, 9.17) is 4.74 Å². The average molecular weight is 282 g/mol. The monoisotopic (exact) mass is 282 g/mol. The molecule has 0 spiro atoms. The molecule has 3 rings (SSSR count). The van der Waals surface area contributed by atoms with E-state index >= 15 is 0 Å². The molecular formula is C18H22N2O. The van der Waals surface area contributed by atoms with E-state index < -0.39 is 0 Å². The van der Waals surface area contributed by atoms with Crippen molar-refractivity contribution in [2.75, 3.05) is 31.6 Å². The third-order valence-corrected chi connectivity index (χ3v) is 3.96. The van der Waals surface area contributed by atoms with Crippen molar-refractivity contribution < 1.29 is 4.74 Å². The lowest BCUT2D eigenvalue weighted by Crippen LogP contribution is -2.24. The molecule has 1 fully saturated rings. The summed E-state index contributed by atoms with van der Waals surface area (Å²) in [7, 11) is 2.03. The number of para-hydroxylation sites is 1. The molecule has 1 aliphatic rings. The van der Waals surface area contributed by atoms with Crippen LogP contribution in [0.2, 0.25) is 0 Å². The topological polar surface area (TPSA) is 24.5 Å². The Morgan fingerprint density at radius 3 is 2.48 bits per heavy atom. The summed E-state index contributed by atoms with van der Waals surface area (Å²) >= 11 is 0. The highest BCUT2D eigenvalue weighted by molar-refractivity contribution is 5.50. The van der Waals surface area contributed by atoms with Gasteiger partial charge in [-0.3, -0.25) is 0 Å². The standard InChI is InChI=1S/C18H22N2O/c1-19-13-15-11-12-20(14-15)16-7-9-18(10-8-16)21-17-5-3-2-4-6-17/h2-10,15,19H,11-14H2,1H3. The summed E-state index contributed by atoms with van der Waals surface area (Å²) in [6, 6.07) is 18.3. The summed E-state index contributed by atoms with van der Waals surface area (Å²) in [6.07, 6.45) is 1.27. The number of rotatable bonds is 5. The Bertz CT molecular complexity index is 553. The van der Waals surface area contributed by atoms with Gasteiger partial charge in [0.05, 0.1) is 0 Å². The zero-order chi connectivity index (χ0) is 14.5. The van der Waals surface area contributed by atoms with Gasteiger partial charge in [-0.25, -0.2) is 0 Å². The second-order valence-electron chi connectivity index (χ2n) is 5.57. The van der Waals surface area contributed by atoms with Crippen LogP contribution >= 0.6 is 0 Å². The first kappa shape index (κ1) is 14.0. The van der Waals surface area contributed by atoms with Crippen molar-refractivity contribution in [3.8, 4) is 11.5 Å². The number of benzene rings is 2. The lowest BCUT2D eigenvalue weighted by atomic mass is 10.1. The number of anilines is 1. The van der Waals surface area contributed by atoms with Gasteiger partial charge in [-0.05, 0) is 62.3 Å². The van der Waals surface area contributed by atoms with Crippen LogP contribution in [-0.2, 0) is 0 Å². The second kappa shape index (κ2) is 6.64. The normalized spacial score (nSPS) is 18.0. The van der Waals surface area contributed by atoms with E-state index in [9.17, 15) is 0 Å². The highest BCUT2D eigenvalue weighted by Crippen LogP contribution is 2.27. The van der Waals surface area contributed by atoms with E-state index in [2.05, 4.69) is 22.3 Å². The summed E-state index contributed by atoms with van der Waals surface area (Å²) in [4.78, 5) is 2.45. The van der Waals surface area contributed by atoms with Crippen LogP contribution in [0, 0.1) is 5.92 Å². The van der Waals surface area contributed by atoms with Gasteiger partial charge in [0.25, 0.3) is 0 Å². The third kappa shape index (κ3) is 3.56. The van der Waals surface area contributed by atoms with Gasteiger partial charge >= 0.3 is 0 Å². The predicted octanol–water partition coefficient (Wildman–Crippen LogP) is 3.52. The molecule has 0 aromatic heterocycles. The second-order valence-corrected chi connectivity index (χ2v) is 5.57. The number of nitrogens with zero attached hydrogens (tertiary/aromatic N) is 1. The zero-order valence-electron chi connectivity index (χ0n) is 12.5. The molecule has 21 heavy (non-hydrogen) atoms. The van der Waals surface area contributed by atoms with Crippen molar-refractivity contribution in [1.82, 2.24) is 5.32 Å². The molecule has 0 bridgehead atoms. The maximum atomic E-state index is 5.83. The molecule has 1 atom stereocenters. The van der Waals surface area contributed by atoms with Crippen LogP contribution in [0.4, 0.5) is 5.69 Å². The number of ether oxygens (including phenoxy) is 1. The van der Waals surface area contributed by atoms with Crippen molar-refractivity contribution in [1.29, 1.82) is 0 Å². The summed E-state index contributed by atoms with van der Waals surface area (Å²) < 4.78 is 5.83. The minimum absolute atomic E-state index is 0.759. The Morgan fingerprint density at radius 2 is 1.76 bits per heavy atom. The van der Waals surface area contributed by atoms with Crippen LogP contribution < -0.4 is 15.0 Å². The quantitative estimate of drug-likeness (QED) is 0.908. The molecule has 1 N–H and O–H groups in total. The molecule has 1 unspecified atom stereocenters. The molecule has 0 saturated carbocycles. The highest BCUT2D eigenvalue weighted by Gasteiger charge is 2.21. The Morgan fingerprint density at radius 1 is 1.05 bits per heavy atom. The van der Waals surface area contributed by atoms with E-state index in [1.54, 1.807) is 0 Å². The van der Waals surface area contributed by atoms with Gasteiger partial charge in [0.1, 0.15) is 11.5 Å². The van der Waals surface area contributed by atoms with Crippen LogP contribution in [0.3, 0.4) is 0 Å². The van der Waals surface area contributed by atoms with Crippen molar-refractivity contribution in [3.05, 3.63) is 54.6 Å². The summed E-state index contributed by atoms with van der Waals surface area (Å²) in [6.45, 7) is 3.39. The molecule has 0 aliphatic carbocycles. The minimum Gasteiger partial charge on any atom is -0.457 e. The first-order valence-electron chi connectivity index (χ1n) is 7.57. The maximum Gasteiger partial charge on any atom is 0.127 e. The lowest BCUT2D eigenvalue weighted by molar-refractivity contribution is 0.482. The smallest absolute Gasteiger partial charge is 0.127 e. The van der Waals surface area contributed by atoms with Gasteiger partial charge < -0.3 is 15.0 Å². The van der Waals surface area contributed by atoms with Crippen molar-refractivity contribution >= 4 is 5.69 Å². The fourth-order valence-corrected chi connectivity index (χ4v) is 2.87. The molecule has 0 amide bonds. The molecular weight excluding hydrogens is 260 g/mol. The molecule has 1 saturated heterocycles. The molecule has 2 aromatic carbocycles. The van der Waals surface area contributed by atoms with Crippen LogP contribution in [0.1, 0.15) is 6.42 Å². The van der Waals surface area contributed by atoms with Crippen LogP contribution in [0.25, 0.3) is 0 Å². The van der Waals surface area contributed by atoms with Gasteiger partial charge in [-0.15, -0.1) is 0 Å². The minimum atomic E-state index is 0.759. The highest BCUT2D eigenvalue weighted by atomic mass is 16.5. The van der Waals surface area contributed by atoms with Crippen molar-refractivity contribution in [2.24, 2.45) is 5.92 Å². The van der Waals surface area contributed by atoms with E-state index in [0.717, 1.165) is 37.1 Å². The Balaban J connectivity index is 1.62. The first-order valence-corrected chi connectivity index (χ1v) is 7.57. The number of nitrogens with one attached hydrogen (secondary N) is 1. The molecule has 1 heterocycles.